The molecule has 0 spiro atoms. The molecule has 0 radical (unpaired) electrons. The maximum absolute atomic E-state index is 5.54. The van der Waals surface area contributed by atoms with Crippen molar-refractivity contribution in [2.75, 3.05) is 13.2 Å². The highest BCUT2D eigenvalue weighted by Gasteiger charge is 2.12. The molecule has 1 aliphatic rings. The van der Waals surface area contributed by atoms with Crippen LogP contribution in [0.25, 0.3) is 0 Å². The van der Waals surface area contributed by atoms with E-state index in [4.69, 9.17) is 4.74 Å². The van der Waals surface area contributed by atoms with Crippen LogP contribution in [0.5, 0.6) is 5.75 Å². The van der Waals surface area contributed by atoms with Crippen LogP contribution in [-0.4, -0.2) is 22.9 Å². The van der Waals surface area contributed by atoms with Crippen molar-refractivity contribution in [3.05, 3.63) is 47.3 Å². The summed E-state index contributed by atoms with van der Waals surface area (Å²) in [6.45, 7) is 5.73. The molecule has 0 saturated carbocycles. The lowest BCUT2D eigenvalue weighted by Gasteiger charge is -2.09. The zero-order valence-corrected chi connectivity index (χ0v) is 11.9. The molecule has 0 unspecified atom stereocenters. The van der Waals surface area contributed by atoms with Crippen molar-refractivity contribution in [2.24, 2.45) is 0 Å². The molecule has 0 bridgehead atoms. The van der Waals surface area contributed by atoms with E-state index in [0.717, 1.165) is 44.8 Å². The van der Waals surface area contributed by atoms with Gasteiger partial charge in [0.05, 0.1) is 12.3 Å². The van der Waals surface area contributed by atoms with Crippen LogP contribution in [0, 0.1) is 0 Å². The van der Waals surface area contributed by atoms with Gasteiger partial charge in [-0.15, -0.1) is 0 Å². The number of aromatic nitrogens is 2. The number of hydrogen-bond donors (Lipinski definition) is 1. The van der Waals surface area contributed by atoms with Crippen molar-refractivity contribution < 1.29 is 4.74 Å². The maximum Gasteiger partial charge on any atom is 0.122 e. The first kappa shape index (κ1) is 13.2. The van der Waals surface area contributed by atoms with E-state index in [9.17, 15) is 0 Å². The van der Waals surface area contributed by atoms with Gasteiger partial charge in [0.15, 0.2) is 0 Å². The van der Waals surface area contributed by atoms with Crippen LogP contribution in [0.2, 0.25) is 0 Å². The molecule has 106 valence electrons. The van der Waals surface area contributed by atoms with Gasteiger partial charge in [0, 0.05) is 25.7 Å². The smallest absolute Gasteiger partial charge is 0.122 e. The average molecular weight is 271 g/mol. The topological polar surface area (TPSA) is 39.1 Å². The Balaban J connectivity index is 1.63. The quantitative estimate of drug-likeness (QED) is 0.875. The van der Waals surface area contributed by atoms with Crippen LogP contribution in [0.4, 0.5) is 0 Å². The van der Waals surface area contributed by atoms with Crippen molar-refractivity contribution >= 4 is 0 Å². The van der Waals surface area contributed by atoms with Gasteiger partial charge >= 0.3 is 0 Å². The van der Waals surface area contributed by atoms with Crippen LogP contribution in [0.1, 0.15) is 23.7 Å². The lowest BCUT2D eigenvalue weighted by molar-refractivity contribution is 0.357. The summed E-state index contributed by atoms with van der Waals surface area (Å²) < 4.78 is 7.63. The van der Waals surface area contributed by atoms with Crippen molar-refractivity contribution in [1.29, 1.82) is 0 Å². The summed E-state index contributed by atoms with van der Waals surface area (Å²) >= 11 is 0. The largest absolute Gasteiger partial charge is 0.493 e. The Morgan fingerprint density at radius 3 is 3.20 bits per heavy atom. The second kappa shape index (κ2) is 6.09. The van der Waals surface area contributed by atoms with Crippen molar-refractivity contribution in [3.8, 4) is 5.75 Å². The van der Waals surface area contributed by atoms with Gasteiger partial charge in [-0.2, -0.15) is 5.10 Å². The summed E-state index contributed by atoms with van der Waals surface area (Å²) in [5.41, 5.74) is 3.95. The van der Waals surface area contributed by atoms with E-state index in [1.54, 1.807) is 0 Å². The second-order valence-electron chi connectivity index (χ2n) is 5.12. The van der Waals surface area contributed by atoms with E-state index in [1.165, 1.54) is 16.8 Å². The molecule has 1 aliphatic heterocycles. The molecule has 2 aromatic rings. The molecule has 0 amide bonds. The van der Waals surface area contributed by atoms with Gasteiger partial charge in [-0.1, -0.05) is 19.1 Å². The molecule has 0 aliphatic carbocycles. The molecular weight excluding hydrogens is 250 g/mol. The third kappa shape index (κ3) is 2.85. The Morgan fingerprint density at radius 2 is 2.30 bits per heavy atom. The van der Waals surface area contributed by atoms with Gasteiger partial charge in [0.25, 0.3) is 0 Å². The number of hydrogen-bond acceptors (Lipinski definition) is 3. The van der Waals surface area contributed by atoms with Gasteiger partial charge in [0.1, 0.15) is 5.75 Å². The van der Waals surface area contributed by atoms with Gasteiger partial charge < -0.3 is 10.1 Å². The Morgan fingerprint density at radius 1 is 1.35 bits per heavy atom. The van der Waals surface area contributed by atoms with E-state index in [2.05, 4.69) is 46.3 Å². The normalized spacial score (nSPS) is 13.2. The van der Waals surface area contributed by atoms with Crippen molar-refractivity contribution in [3.63, 3.8) is 0 Å². The monoisotopic (exact) mass is 271 g/mol. The van der Waals surface area contributed by atoms with Crippen LogP contribution in [0.15, 0.2) is 30.5 Å². The van der Waals surface area contributed by atoms with Crippen molar-refractivity contribution in [1.82, 2.24) is 15.1 Å². The standard InChI is InChI=1S/C16H21N3O/c1-2-17-12-15-5-8-18-19(15)9-6-13-3-4-16-14(11-13)7-10-20-16/h3-5,8,11,17H,2,6-7,9-10,12H2,1H3. The molecule has 4 nitrogen and oxygen atoms in total. The fraction of sp³-hybridized carbons (Fsp3) is 0.438. The molecule has 2 heterocycles. The summed E-state index contributed by atoms with van der Waals surface area (Å²) in [6, 6.07) is 8.62. The number of ether oxygens (including phenoxy) is 1. The van der Waals surface area contributed by atoms with Gasteiger partial charge in [0.2, 0.25) is 0 Å². The molecule has 1 N–H and O–H groups in total. The second-order valence-corrected chi connectivity index (χ2v) is 5.12. The molecular formula is C16H21N3O. The molecule has 0 atom stereocenters. The highest BCUT2D eigenvalue weighted by Crippen LogP contribution is 2.26. The van der Waals surface area contributed by atoms with E-state index in [0.29, 0.717) is 0 Å². The average Bonchev–Trinajstić information content (AvgIpc) is 3.11. The van der Waals surface area contributed by atoms with Crippen LogP contribution >= 0.6 is 0 Å². The number of rotatable bonds is 6. The number of fused-ring (bicyclic) bond motifs is 1. The Labute approximate surface area is 119 Å². The molecule has 0 fully saturated rings. The summed E-state index contributed by atoms with van der Waals surface area (Å²) in [5, 5.41) is 7.75. The summed E-state index contributed by atoms with van der Waals surface area (Å²) in [5.74, 6) is 1.06. The zero-order valence-electron chi connectivity index (χ0n) is 11.9. The maximum atomic E-state index is 5.54. The van der Waals surface area contributed by atoms with Crippen LogP contribution < -0.4 is 10.1 Å². The lowest BCUT2D eigenvalue weighted by Crippen LogP contribution is -2.16. The minimum atomic E-state index is 0.824. The van der Waals surface area contributed by atoms with Crippen molar-refractivity contribution in [2.45, 2.75) is 32.9 Å². The Bertz CT molecular complexity index is 577. The highest BCUT2D eigenvalue weighted by atomic mass is 16.5. The van der Waals surface area contributed by atoms with Crippen LogP contribution in [-0.2, 0) is 25.9 Å². The van der Waals surface area contributed by atoms with E-state index >= 15 is 0 Å². The minimum absolute atomic E-state index is 0.824. The SMILES string of the molecule is CCNCc1ccnn1CCc1ccc2c(c1)CCO2. The number of nitrogens with one attached hydrogen (secondary N) is 1. The fourth-order valence-electron chi connectivity index (χ4n) is 2.60. The molecule has 1 aromatic heterocycles. The lowest BCUT2D eigenvalue weighted by atomic mass is 10.1. The minimum Gasteiger partial charge on any atom is -0.493 e. The highest BCUT2D eigenvalue weighted by molar-refractivity contribution is 5.39. The first-order valence-electron chi connectivity index (χ1n) is 7.33. The molecule has 0 saturated heterocycles. The predicted octanol–water partition coefficient (Wildman–Crippen LogP) is 2.17. The van der Waals surface area contributed by atoms with Gasteiger partial charge in [-0.05, 0) is 36.2 Å². The first-order valence-corrected chi connectivity index (χ1v) is 7.33. The summed E-state index contributed by atoms with van der Waals surface area (Å²) in [7, 11) is 0. The predicted molar refractivity (Wildman–Crippen MR) is 79.0 cm³/mol. The van der Waals surface area contributed by atoms with E-state index in [-0.39, 0.29) is 0 Å². The molecule has 1 aromatic carbocycles. The molecule has 3 rings (SSSR count). The van der Waals surface area contributed by atoms with Gasteiger partial charge in [-0.3, -0.25) is 4.68 Å². The number of aryl methyl sites for hydroxylation is 2. The number of nitrogens with zero attached hydrogens (tertiary/aromatic N) is 2. The van der Waals surface area contributed by atoms with Crippen LogP contribution in [0.3, 0.4) is 0 Å². The third-order valence-electron chi connectivity index (χ3n) is 3.73. The summed E-state index contributed by atoms with van der Waals surface area (Å²) in [4.78, 5) is 0. The first-order chi connectivity index (χ1) is 9.86. The Hall–Kier alpha value is -1.81. The number of benzene rings is 1. The van der Waals surface area contributed by atoms with Gasteiger partial charge in [-0.25, -0.2) is 0 Å². The molecule has 20 heavy (non-hydrogen) atoms. The third-order valence-corrected chi connectivity index (χ3v) is 3.73. The van der Waals surface area contributed by atoms with E-state index in [1.807, 2.05) is 6.20 Å². The van der Waals surface area contributed by atoms with E-state index < -0.39 is 0 Å². The fourth-order valence-corrected chi connectivity index (χ4v) is 2.60. The Kier molecular flexibility index (Phi) is 4.02. The summed E-state index contributed by atoms with van der Waals surface area (Å²) in [6.07, 6.45) is 3.92. The zero-order chi connectivity index (χ0) is 13.8. The molecule has 4 heteroatoms.